The molecule has 1 atom stereocenters. The molecule has 1 unspecified atom stereocenters. The largest absolute Gasteiger partial charge is 0.382 e. The topological polar surface area (TPSA) is 50.7 Å². The molecule has 0 saturated heterocycles. The Morgan fingerprint density at radius 3 is 2.70 bits per heavy atom. The third-order valence-electron chi connectivity index (χ3n) is 3.52. The van der Waals surface area contributed by atoms with Crippen molar-refractivity contribution < 1.29 is 18.4 Å². The fourth-order valence-corrected chi connectivity index (χ4v) is 2.28. The molecule has 1 aliphatic heterocycles. The number of benzene rings is 2. The Labute approximate surface area is 131 Å². The number of aryl methyl sites for hydroxylation is 1. The first-order valence-corrected chi connectivity index (χ1v) is 7.08. The molecular formula is C17H14F2N2O2. The van der Waals surface area contributed by atoms with Crippen molar-refractivity contribution in [2.24, 2.45) is 5.16 Å². The molecule has 0 radical (unpaired) electrons. The Kier molecular flexibility index (Phi) is 4.06. The number of carbonyl (C=O) groups excluding carboxylic acids is 1. The monoisotopic (exact) mass is 316 g/mol. The highest BCUT2D eigenvalue weighted by atomic mass is 19.1. The van der Waals surface area contributed by atoms with E-state index in [0.717, 1.165) is 5.56 Å². The zero-order valence-corrected chi connectivity index (χ0v) is 12.3. The minimum absolute atomic E-state index is 0.105. The molecule has 0 fully saturated rings. The summed E-state index contributed by atoms with van der Waals surface area (Å²) in [6.45, 7) is 1.80. The van der Waals surface area contributed by atoms with Crippen LogP contribution in [0.1, 0.15) is 17.5 Å². The van der Waals surface area contributed by atoms with Crippen LogP contribution in [0.15, 0.2) is 47.6 Å². The minimum Gasteiger partial charge on any atom is -0.382 e. The third kappa shape index (κ3) is 3.36. The molecule has 2 aromatic rings. The van der Waals surface area contributed by atoms with E-state index in [1.165, 1.54) is 18.2 Å². The van der Waals surface area contributed by atoms with Gasteiger partial charge in [-0.3, -0.25) is 4.79 Å². The third-order valence-corrected chi connectivity index (χ3v) is 3.52. The molecule has 0 aromatic heterocycles. The summed E-state index contributed by atoms with van der Waals surface area (Å²) in [5.41, 5.74) is 2.17. The molecule has 2 aromatic carbocycles. The SMILES string of the molecule is Cc1ccc(F)c(NC(=O)C2CC(c3ccc(F)cc3)=NO2)c1. The highest BCUT2D eigenvalue weighted by molar-refractivity contribution is 6.06. The first-order chi connectivity index (χ1) is 11.0. The Morgan fingerprint density at radius 2 is 1.96 bits per heavy atom. The number of nitrogens with zero attached hydrogens (tertiary/aromatic N) is 1. The summed E-state index contributed by atoms with van der Waals surface area (Å²) in [6, 6.07) is 10.2. The van der Waals surface area contributed by atoms with Gasteiger partial charge in [0.1, 0.15) is 11.6 Å². The van der Waals surface area contributed by atoms with Crippen molar-refractivity contribution in [2.45, 2.75) is 19.4 Å². The second-order valence-corrected chi connectivity index (χ2v) is 5.32. The van der Waals surface area contributed by atoms with Gasteiger partial charge >= 0.3 is 0 Å². The first-order valence-electron chi connectivity index (χ1n) is 7.08. The maximum atomic E-state index is 13.7. The normalized spacial score (nSPS) is 16.7. The van der Waals surface area contributed by atoms with Gasteiger partial charge in [-0.15, -0.1) is 0 Å². The average Bonchev–Trinajstić information content (AvgIpc) is 3.02. The Hall–Kier alpha value is -2.76. The summed E-state index contributed by atoms with van der Waals surface area (Å²) in [6.07, 6.45) is -0.597. The predicted molar refractivity (Wildman–Crippen MR) is 82.2 cm³/mol. The van der Waals surface area contributed by atoms with E-state index >= 15 is 0 Å². The summed E-state index contributed by atoms with van der Waals surface area (Å²) in [7, 11) is 0. The van der Waals surface area contributed by atoms with Crippen molar-refractivity contribution in [1.29, 1.82) is 0 Å². The van der Waals surface area contributed by atoms with Crippen LogP contribution >= 0.6 is 0 Å². The van der Waals surface area contributed by atoms with Crippen LogP contribution in [0.5, 0.6) is 0 Å². The van der Waals surface area contributed by atoms with Crippen molar-refractivity contribution in [3.63, 3.8) is 0 Å². The molecule has 118 valence electrons. The highest BCUT2D eigenvalue weighted by Gasteiger charge is 2.29. The summed E-state index contributed by atoms with van der Waals surface area (Å²) < 4.78 is 26.6. The lowest BCUT2D eigenvalue weighted by Crippen LogP contribution is -2.28. The van der Waals surface area contributed by atoms with Crippen LogP contribution in [0.2, 0.25) is 0 Å². The summed E-state index contributed by atoms with van der Waals surface area (Å²) in [5, 5.41) is 6.36. The van der Waals surface area contributed by atoms with Crippen molar-refractivity contribution in [3.8, 4) is 0 Å². The fraction of sp³-hybridized carbons (Fsp3) is 0.176. The molecule has 0 saturated carbocycles. The van der Waals surface area contributed by atoms with Gasteiger partial charge < -0.3 is 10.2 Å². The van der Waals surface area contributed by atoms with Crippen molar-refractivity contribution in [1.82, 2.24) is 0 Å². The van der Waals surface area contributed by atoms with Crippen LogP contribution in [0.25, 0.3) is 0 Å². The number of hydrogen-bond donors (Lipinski definition) is 1. The van der Waals surface area contributed by atoms with Gasteiger partial charge in [0.15, 0.2) is 0 Å². The van der Waals surface area contributed by atoms with Crippen LogP contribution in [0.4, 0.5) is 14.5 Å². The maximum absolute atomic E-state index is 13.7. The smallest absolute Gasteiger partial charge is 0.268 e. The van der Waals surface area contributed by atoms with E-state index < -0.39 is 17.8 Å². The van der Waals surface area contributed by atoms with Crippen molar-refractivity contribution >= 4 is 17.3 Å². The number of nitrogens with one attached hydrogen (secondary N) is 1. The summed E-state index contributed by atoms with van der Waals surface area (Å²) in [4.78, 5) is 17.3. The Balaban J connectivity index is 1.66. The van der Waals surface area contributed by atoms with Gasteiger partial charge in [-0.25, -0.2) is 8.78 Å². The number of hydrogen-bond acceptors (Lipinski definition) is 3. The molecule has 1 N–H and O–H groups in total. The van der Waals surface area contributed by atoms with Crippen LogP contribution in [-0.4, -0.2) is 17.7 Å². The van der Waals surface area contributed by atoms with Crippen LogP contribution in [0, 0.1) is 18.6 Å². The van der Waals surface area contributed by atoms with Gasteiger partial charge in [-0.05, 0) is 42.3 Å². The maximum Gasteiger partial charge on any atom is 0.268 e. The van der Waals surface area contributed by atoms with E-state index in [-0.39, 0.29) is 17.9 Å². The highest BCUT2D eigenvalue weighted by Crippen LogP contribution is 2.20. The van der Waals surface area contributed by atoms with E-state index in [2.05, 4.69) is 10.5 Å². The molecule has 23 heavy (non-hydrogen) atoms. The minimum atomic E-state index is -0.838. The number of halogens is 2. The number of oxime groups is 1. The number of amides is 1. The van der Waals surface area contributed by atoms with Crippen LogP contribution < -0.4 is 5.32 Å². The Morgan fingerprint density at radius 1 is 1.22 bits per heavy atom. The first kappa shape index (κ1) is 15.1. The molecule has 1 aliphatic rings. The molecule has 4 nitrogen and oxygen atoms in total. The van der Waals surface area contributed by atoms with Crippen LogP contribution in [-0.2, 0) is 9.63 Å². The summed E-state index contributed by atoms with van der Waals surface area (Å²) >= 11 is 0. The molecule has 0 spiro atoms. The van der Waals surface area contributed by atoms with E-state index in [1.807, 2.05) is 0 Å². The van der Waals surface area contributed by atoms with Gasteiger partial charge in [0.2, 0.25) is 6.10 Å². The molecule has 6 heteroatoms. The van der Waals surface area contributed by atoms with Crippen molar-refractivity contribution in [2.75, 3.05) is 5.32 Å². The zero-order valence-electron chi connectivity index (χ0n) is 12.3. The standard InChI is InChI=1S/C17H14F2N2O2/c1-10-2-7-13(19)15(8-10)20-17(22)16-9-14(21-23-16)11-3-5-12(18)6-4-11/h2-8,16H,9H2,1H3,(H,20,22). The van der Waals surface area contributed by atoms with E-state index in [4.69, 9.17) is 4.84 Å². The number of rotatable bonds is 3. The molecule has 0 bridgehead atoms. The zero-order chi connectivity index (χ0) is 16.4. The number of carbonyl (C=O) groups is 1. The van der Waals surface area contributed by atoms with E-state index in [1.54, 1.807) is 31.2 Å². The lowest BCUT2D eigenvalue weighted by Gasteiger charge is -2.10. The average molecular weight is 316 g/mol. The lowest BCUT2D eigenvalue weighted by molar-refractivity contribution is -0.125. The van der Waals surface area contributed by atoms with Gasteiger partial charge in [0.25, 0.3) is 5.91 Å². The van der Waals surface area contributed by atoms with Crippen LogP contribution in [0.3, 0.4) is 0 Å². The predicted octanol–water partition coefficient (Wildman–Crippen LogP) is 3.40. The lowest BCUT2D eigenvalue weighted by atomic mass is 10.0. The van der Waals surface area contributed by atoms with E-state index in [9.17, 15) is 13.6 Å². The second kappa shape index (κ2) is 6.16. The Bertz CT molecular complexity index is 773. The number of anilines is 1. The molecular weight excluding hydrogens is 302 g/mol. The van der Waals surface area contributed by atoms with Gasteiger partial charge in [-0.1, -0.05) is 23.4 Å². The van der Waals surface area contributed by atoms with Gasteiger partial charge in [0.05, 0.1) is 11.4 Å². The quantitative estimate of drug-likeness (QED) is 0.943. The van der Waals surface area contributed by atoms with E-state index in [0.29, 0.717) is 11.3 Å². The molecule has 1 amide bonds. The van der Waals surface area contributed by atoms with Gasteiger partial charge in [0, 0.05) is 6.42 Å². The van der Waals surface area contributed by atoms with Gasteiger partial charge in [-0.2, -0.15) is 0 Å². The fourth-order valence-electron chi connectivity index (χ4n) is 2.28. The van der Waals surface area contributed by atoms with Crippen molar-refractivity contribution in [3.05, 3.63) is 65.2 Å². The molecule has 0 aliphatic carbocycles. The molecule has 3 rings (SSSR count). The molecule has 1 heterocycles. The second-order valence-electron chi connectivity index (χ2n) is 5.32. The summed E-state index contributed by atoms with van der Waals surface area (Å²) in [5.74, 6) is -1.34.